The number of aromatic nitrogens is 4. The number of hydrogen-bond acceptors (Lipinski definition) is 6. The van der Waals surface area contributed by atoms with Gasteiger partial charge in [0, 0.05) is 30.0 Å². The average Bonchev–Trinajstić information content (AvgIpc) is 3.47. The third kappa shape index (κ3) is 4.24. The van der Waals surface area contributed by atoms with Gasteiger partial charge in [-0.1, -0.05) is 31.1 Å². The van der Waals surface area contributed by atoms with E-state index < -0.39 is 0 Å². The van der Waals surface area contributed by atoms with Crippen LogP contribution in [-0.2, 0) is 6.42 Å². The number of carbonyl (C=O) groups excluding carboxylic acids is 1. The van der Waals surface area contributed by atoms with Gasteiger partial charge in [0.15, 0.2) is 5.82 Å². The van der Waals surface area contributed by atoms with Crippen molar-refractivity contribution in [1.82, 2.24) is 25.7 Å². The van der Waals surface area contributed by atoms with Crippen LogP contribution in [0.1, 0.15) is 66.3 Å². The van der Waals surface area contributed by atoms with Crippen LogP contribution in [-0.4, -0.2) is 32.8 Å². The normalized spacial score (nSPS) is 13.7. The summed E-state index contributed by atoms with van der Waals surface area (Å²) in [6.45, 7) is 4.61. The van der Waals surface area contributed by atoms with Crippen molar-refractivity contribution >= 4 is 5.91 Å². The number of nitrogens with one attached hydrogen (secondary N) is 1. The summed E-state index contributed by atoms with van der Waals surface area (Å²) >= 11 is 0. The summed E-state index contributed by atoms with van der Waals surface area (Å²) in [6, 6.07) is 11.3. The third-order valence-corrected chi connectivity index (χ3v) is 4.74. The van der Waals surface area contributed by atoms with Gasteiger partial charge in [-0.2, -0.15) is 15.2 Å². The summed E-state index contributed by atoms with van der Waals surface area (Å²) in [5, 5.41) is 15.4. The monoisotopic (exact) mass is 377 g/mol. The first-order valence-electron chi connectivity index (χ1n) is 9.65. The number of hydrogen-bond donors (Lipinski definition) is 1. The Hall–Kier alpha value is -3.09. The van der Waals surface area contributed by atoms with Crippen LogP contribution in [0.5, 0.6) is 0 Å². The van der Waals surface area contributed by atoms with E-state index in [1.54, 1.807) is 6.07 Å². The summed E-state index contributed by atoms with van der Waals surface area (Å²) in [7, 11) is 0. The van der Waals surface area contributed by atoms with Crippen molar-refractivity contribution in [3.05, 3.63) is 59.4 Å². The van der Waals surface area contributed by atoms with E-state index in [0.717, 1.165) is 35.7 Å². The van der Waals surface area contributed by atoms with Crippen LogP contribution >= 0.6 is 0 Å². The fourth-order valence-corrected chi connectivity index (χ4v) is 2.88. The minimum absolute atomic E-state index is 0.139. The fraction of sp³-hybridized carbons (Fsp3) is 0.381. The molecule has 2 aromatic heterocycles. The SMILES string of the molecule is CC(C)c1ccc(-c2cccc(C(=O)NCCc3noc(C4CC4)n3)c2)nn1. The van der Waals surface area contributed by atoms with Crippen LogP contribution in [0.15, 0.2) is 40.9 Å². The van der Waals surface area contributed by atoms with E-state index in [0.29, 0.717) is 36.2 Å². The molecule has 0 atom stereocenters. The van der Waals surface area contributed by atoms with E-state index in [9.17, 15) is 4.79 Å². The van der Waals surface area contributed by atoms with Gasteiger partial charge in [0.05, 0.1) is 11.4 Å². The number of rotatable bonds is 7. The van der Waals surface area contributed by atoms with E-state index in [1.165, 1.54) is 0 Å². The van der Waals surface area contributed by atoms with Gasteiger partial charge in [-0.05, 0) is 43.0 Å². The molecule has 0 unspecified atom stereocenters. The van der Waals surface area contributed by atoms with Gasteiger partial charge in [-0.25, -0.2) is 0 Å². The molecule has 0 saturated heterocycles. The van der Waals surface area contributed by atoms with Crippen LogP contribution in [0.25, 0.3) is 11.3 Å². The van der Waals surface area contributed by atoms with E-state index >= 15 is 0 Å². The summed E-state index contributed by atoms with van der Waals surface area (Å²) in [5.41, 5.74) is 3.14. The summed E-state index contributed by atoms with van der Waals surface area (Å²) in [5.74, 6) is 1.99. The second-order valence-electron chi connectivity index (χ2n) is 7.41. The Bertz CT molecular complexity index is 961. The first kappa shape index (κ1) is 18.3. The zero-order valence-corrected chi connectivity index (χ0v) is 16.1. The third-order valence-electron chi connectivity index (χ3n) is 4.74. The lowest BCUT2D eigenvalue weighted by Gasteiger charge is -2.07. The molecule has 3 aromatic rings. The van der Waals surface area contributed by atoms with Crippen LogP contribution < -0.4 is 5.32 Å². The maximum Gasteiger partial charge on any atom is 0.251 e. The molecule has 0 radical (unpaired) electrons. The van der Waals surface area contributed by atoms with E-state index in [-0.39, 0.29) is 5.91 Å². The molecule has 0 aliphatic heterocycles. The Labute approximate surface area is 163 Å². The molecule has 1 amide bonds. The van der Waals surface area contributed by atoms with Gasteiger partial charge in [-0.15, -0.1) is 0 Å². The van der Waals surface area contributed by atoms with E-state index in [1.807, 2.05) is 30.3 Å². The molecule has 1 aliphatic carbocycles. The molecule has 7 nitrogen and oxygen atoms in total. The summed E-state index contributed by atoms with van der Waals surface area (Å²) in [6.07, 6.45) is 2.79. The molecular weight excluding hydrogens is 354 g/mol. The molecule has 28 heavy (non-hydrogen) atoms. The van der Waals surface area contributed by atoms with Crippen LogP contribution in [0, 0.1) is 0 Å². The Morgan fingerprint density at radius 1 is 1.21 bits per heavy atom. The molecular formula is C21H23N5O2. The minimum Gasteiger partial charge on any atom is -0.352 e. The molecule has 1 aromatic carbocycles. The average molecular weight is 377 g/mol. The molecule has 2 heterocycles. The first-order valence-corrected chi connectivity index (χ1v) is 9.65. The standard InChI is InChI=1S/C21H23N5O2/c1-13(2)17-8-9-18(25-24-17)15-4-3-5-16(12-15)20(27)22-11-10-19-23-21(28-26-19)14-6-7-14/h3-5,8-9,12-14H,6-7,10-11H2,1-2H3,(H,22,27). The van der Waals surface area contributed by atoms with Crippen molar-refractivity contribution in [3.8, 4) is 11.3 Å². The molecule has 144 valence electrons. The van der Waals surface area contributed by atoms with Crippen molar-refractivity contribution in [1.29, 1.82) is 0 Å². The molecule has 4 rings (SSSR count). The van der Waals surface area contributed by atoms with Gasteiger partial charge in [0.1, 0.15) is 0 Å². The highest BCUT2D eigenvalue weighted by Gasteiger charge is 2.29. The molecule has 7 heteroatoms. The number of nitrogens with zero attached hydrogens (tertiary/aromatic N) is 4. The second-order valence-corrected chi connectivity index (χ2v) is 7.41. The highest BCUT2D eigenvalue weighted by atomic mass is 16.5. The highest BCUT2D eigenvalue weighted by molar-refractivity contribution is 5.95. The molecule has 1 saturated carbocycles. The lowest BCUT2D eigenvalue weighted by molar-refractivity contribution is 0.0954. The van der Waals surface area contributed by atoms with Crippen molar-refractivity contribution in [2.45, 2.75) is 44.9 Å². The Morgan fingerprint density at radius 2 is 2.07 bits per heavy atom. The summed E-state index contributed by atoms with van der Waals surface area (Å²) in [4.78, 5) is 16.8. The zero-order chi connectivity index (χ0) is 19.5. The maximum absolute atomic E-state index is 12.5. The number of amides is 1. The molecule has 1 fully saturated rings. The molecule has 1 aliphatic rings. The molecule has 0 spiro atoms. The molecule has 1 N–H and O–H groups in total. The van der Waals surface area contributed by atoms with Gasteiger partial charge in [-0.3, -0.25) is 4.79 Å². The quantitative estimate of drug-likeness (QED) is 0.677. The van der Waals surface area contributed by atoms with E-state index in [4.69, 9.17) is 4.52 Å². The summed E-state index contributed by atoms with van der Waals surface area (Å²) < 4.78 is 5.23. The zero-order valence-electron chi connectivity index (χ0n) is 16.1. The number of benzene rings is 1. The smallest absolute Gasteiger partial charge is 0.251 e. The molecule has 0 bridgehead atoms. The topological polar surface area (TPSA) is 93.8 Å². The fourth-order valence-electron chi connectivity index (χ4n) is 2.88. The van der Waals surface area contributed by atoms with Gasteiger partial charge < -0.3 is 9.84 Å². The van der Waals surface area contributed by atoms with Gasteiger partial charge in [0.25, 0.3) is 5.91 Å². The van der Waals surface area contributed by atoms with Crippen molar-refractivity contribution in [3.63, 3.8) is 0 Å². The van der Waals surface area contributed by atoms with Crippen molar-refractivity contribution < 1.29 is 9.32 Å². The maximum atomic E-state index is 12.5. The highest BCUT2D eigenvalue weighted by Crippen LogP contribution is 2.38. The van der Waals surface area contributed by atoms with Gasteiger partial charge >= 0.3 is 0 Å². The van der Waals surface area contributed by atoms with Crippen molar-refractivity contribution in [2.24, 2.45) is 0 Å². The predicted octanol–water partition coefficient (Wildman–Crippen LogP) is 3.50. The van der Waals surface area contributed by atoms with Crippen LogP contribution in [0.3, 0.4) is 0 Å². The van der Waals surface area contributed by atoms with Crippen LogP contribution in [0.4, 0.5) is 0 Å². The minimum atomic E-state index is -0.139. The van der Waals surface area contributed by atoms with E-state index in [2.05, 4.69) is 39.5 Å². The lowest BCUT2D eigenvalue weighted by atomic mass is 10.1. The number of carbonyl (C=O) groups is 1. The van der Waals surface area contributed by atoms with Crippen LogP contribution in [0.2, 0.25) is 0 Å². The van der Waals surface area contributed by atoms with Crippen molar-refractivity contribution in [2.75, 3.05) is 6.54 Å². The van der Waals surface area contributed by atoms with Gasteiger partial charge in [0.2, 0.25) is 5.89 Å². The first-order chi connectivity index (χ1) is 13.6. The second kappa shape index (κ2) is 7.88. The Morgan fingerprint density at radius 3 is 2.79 bits per heavy atom. The lowest BCUT2D eigenvalue weighted by Crippen LogP contribution is -2.26. The Balaban J connectivity index is 1.36. The predicted molar refractivity (Wildman–Crippen MR) is 104 cm³/mol. The Kier molecular flexibility index (Phi) is 5.14. The largest absolute Gasteiger partial charge is 0.352 e.